The van der Waals surface area contributed by atoms with Crippen LogP contribution in [0.2, 0.25) is 0 Å². The van der Waals surface area contributed by atoms with E-state index in [0.717, 1.165) is 22.6 Å². The number of benzene rings is 2. The molecule has 0 aliphatic carbocycles. The molecule has 22 heavy (non-hydrogen) atoms. The fraction of sp³-hybridized carbons (Fsp3) is 0.333. The fourth-order valence-corrected chi connectivity index (χ4v) is 3.41. The minimum absolute atomic E-state index is 0.534. The Morgan fingerprint density at radius 1 is 0.636 bits per heavy atom. The van der Waals surface area contributed by atoms with Crippen molar-refractivity contribution in [1.82, 2.24) is 0 Å². The molecule has 0 unspecified atom stereocenters. The van der Waals surface area contributed by atoms with Gasteiger partial charge in [-0.1, -0.05) is 74.5 Å². The molecule has 4 heteroatoms. The Bertz CT molecular complexity index is 519. The second-order valence-corrected chi connectivity index (χ2v) is 8.21. The molecule has 0 fully saturated rings. The molecule has 0 atom stereocenters. The summed E-state index contributed by atoms with van der Waals surface area (Å²) in [5.74, 6) is 2.87. The average molecular weight is 337 g/mol. The van der Waals surface area contributed by atoms with Gasteiger partial charge in [-0.15, -0.1) is 0 Å². The van der Waals surface area contributed by atoms with Crippen LogP contribution in [0.4, 0.5) is 0 Å². The lowest BCUT2D eigenvalue weighted by Crippen LogP contribution is -1.99. The van der Waals surface area contributed by atoms with E-state index in [2.05, 4.69) is 0 Å². The zero-order valence-corrected chi connectivity index (χ0v) is 14.9. The molecule has 2 nitrogen and oxygen atoms in total. The van der Waals surface area contributed by atoms with Crippen LogP contribution in [-0.4, -0.2) is 19.9 Å². The summed E-state index contributed by atoms with van der Waals surface area (Å²) in [4.78, 5) is 0. The van der Waals surface area contributed by atoms with Crippen molar-refractivity contribution in [3.05, 3.63) is 71.8 Å². The Kier molecular flexibility index (Phi) is 9.67. The number of rotatable bonds is 6. The zero-order valence-electron chi connectivity index (χ0n) is 13.2. The van der Waals surface area contributed by atoms with Gasteiger partial charge in [0, 0.05) is 44.6 Å². The van der Waals surface area contributed by atoms with Gasteiger partial charge in [0.2, 0.25) is 0 Å². The Balaban J connectivity index is 0.000000346. The summed E-state index contributed by atoms with van der Waals surface area (Å²) in [6, 6.07) is 19.9. The third-order valence-corrected chi connectivity index (χ3v) is 5.58. The first kappa shape index (κ1) is 18.8. The Hall–Kier alpha value is -1.26. The normalized spacial score (nSPS) is 10.4. The van der Waals surface area contributed by atoms with Crippen LogP contribution in [0.15, 0.2) is 60.7 Å². The predicted molar refractivity (Wildman–Crippen MR) is 97.7 cm³/mol. The molecule has 2 rings (SSSR count). The first-order valence-electron chi connectivity index (χ1n) is 7.43. The standard InChI is InChI=1S/C14H14OS.C4H10OS/c15-16(11-13-7-3-1-4-8-13)12-14-9-5-2-6-10-14;1-3-6(5)4-2/h1-10H,11-12H2;3-4H2,1-2H3. The fourth-order valence-electron chi connectivity index (χ4n) is 1.78. The molecule has 2 aromatic carbocycles. The van der Waals surface area contributed by atoms with Crippen LogP contribution in [0.25, 0.3) is 0 Å². The highest BCUT2D eigenvalue weighted by atomic mass is 32.2. The van der Waals surface area contributed by atoms with Crippen LogP contribution in [-0.2, 0) is 33.1 Å². The molecule has 120 valence electrons. The van der Waals surface area contributed by atoms with Crippen LogP contribution in [0.5, 0.6) is 0 Å². The van der Waals surface area contributed by atoms with Gasteiger partial charge >= 0.3 is 0 Å². The van der Waals surface area contributed by atoms with Gasteiger partial charge in [0.15, 0.2) is 0 Å². The summed E-state index contributed by atoms with van der Waals surface area (Å²) >= 11 is 0. The Labute approximate surface area is 138 Å². The Morgan fingerprint density at radius 3 is 1.27 bits per heavy atom. The molecule has 0 amide bonds. The van der Waals surface area contributed by atoms with E-state index in [4.69, 9.17) is 0 Å². The molecule has 0 aliphatic heterocycles. The van der Waals surface area contributed by atoms with Gasteiger partial charge in [0.25, 0.3) is 0 Å². The van der Waals surface area contributed by atoms with Gasteiger partial charge in [-0.3, -0.25) is 8.42 Å². The maximum absolute atomic E-state index is 11.9. The summed E-state index contributed by atoms with van der Waals surface area (Å²) in [6.45, 7) is 3.86. The summed E-state index contributed by atoms with van der Waals surface area (Å²) < 4.78 is 22.2. The van der Waals surface area contributed by atoms with Crippen molar-refractivity contribution in [1.29, 1.82) is 0 Å². The smallest absolute Gasteiger partial charge is 0.0489 e. The number of hydrogen-bond donors (Lipinski definition) is 0. The first-order chi connectivity index (χ1) is 10.7. The average Bonchev–Trinajstić information content (AvgIpc) is 2.56. The second-order valence-electron chi connectivity index (χ2n) is 4.72. The van der Waals surface area contributed by atoms with Crippen LogP contribution in [0, 0.1) is 0 Å². The molecule has 0 aliphatic rings. The quantitative estimate of drug-likeness (QED) is 0.801. The maximum Gasteiger partial charge on any atom is 0.0489 e. The molecule has 0 N–H and O–H groups in total. The van der Waals surface area contributed by atoms with Gasteiger partial charge in [0.1, 0.15) is 0 Å². The van der Waals surface area contributed by atoms with Crippen molar-refractivity contribution in [2.75, 3.05) is 11.5 Å². The topological polar surface area (TPSA) is 34.1 Å². The van der Waals surface area contributed by atoms with Gasteiger partial charge in [-0.25, -0.2) is 0 Å². The summed E-state index contributed by atoms with van der Waals surface area (Å²) in [6.07, 6.45) is 0. The van der Waals surface area contributed by atoms with Gasteiger partial charge < -0.3 is 0 Å². The molecule has 0 spiro atoms. The van der Waals surface area contributed by atoms with E-state index in [1.807, 2.05) is 74.5 Å². The van der Waals surface area contributed by atoms with Crippen molar-refractivity contribution in [2.24, 2.45) is 0 Å². The second kappa shape index (κ2) is 11.3. The van der Waals surface area contributed by atoms with E-state index in [-0.39, 0.29) is 0 Å². The van der Waals surface area contributed by atoms with E-state index in [1.54, 1.807) is 0 Å². The largest absolute Gasteiger partial charge is 0.260 e. The minimum atomic E-state index is -0.822. The lowest BCUT2D eigenvalue weighted by atomic mass is 10.2. The Morgan fingerprint density at radius 2 is 1.00 bits per heavy atom. The molecule has 0 bridgehead atoms. The minimum Gasteiger partial charge on any atom is -0.260 e. The van der Waals surface area contributed by atoms with Crippen molar-refractivity contribution < 1.29 is 8.42 Å². The summed E-state index contributed by atoms with van der Waals surface area (Å²) in [5, 5.41) is 0. The zero-order chi connectivity index (χ0) is 16.2. The van der Waals surface area contributed by atoms with Gasteiger partial charge in [-0.05, 0) is 11.1 Å². The molecule has 0 radical (unpaired) electrons. The third-order valence-electron chi connectivity index (χ3n) is 2.98. The van der Waals surface area contributed by atoms with Crippen LogP contribution < -0.4 is 0 Å². The van der Waals surface area contributed by atoms with Crippen LogP contribution >= 0.6 is 0 Å². The van der Waals surface area contributed by atoms with Crippen LogP contribution in [0.3, 0.4) is 0 Å². The summed E-state index contributed by atoms with van der Waals surface area (Å²) in [7, 11) is -1.36. The lowest BCUT2D eigenvalue weighted by Gasteiger charge is -2.02. The van der Waals surface area contributed by atoms with E-state index < -0.39 is 21.6 Å². The van der Waals surface area contributed by atoms with Crippen molar-refractivity contribution >= 4 is 21.6 Å². The van der Waals surface area contributed by atoms with Crippen molar-refractivity contribution in [3.8, 4) is 0 Å². The van der Waals surface area contributed by atoms with E-state index in [0.29, 0.717) is 11.5 Å². The van der Waals surface area contributed by atoms with Gasteiger partial charge in [0.05, 0.1) is 0 Å². The highest BCUT2D eigenvalue weighted by Crippen LogP contribution is 2.08. The van der Waals surface area contributed by atoms with Gasteiger partial charge in [-0.2, -0.15) is 0 Å². The predicted octanol–water partition coefficient (Wildman–Crippen LogP) is 3.91. The molecule has 2 aromatic rings. The van der Waals surface area contributed by atoms with Crippen molar-refractivity contribution in [3.63, 3.8) is 0 Å². The highest BCUT2D eigenvalue weighted by molar-refractivity contribution is 7.84. The molecule has 0 saturated carbocycles. The maximum atomic E-state index is 11.9. The van der Waals surface area contributed by atoms with Crippen molar-refractivity contribution in [2.45, 2.75) is 25.4 Å². The highest BCUT2D eigenvalue weighted by Gasteiger charge is 2.02. The van der Waals surface area contributed by atoms with E-state index in [1.165, 1.54) is 0 Å². The SMILES string of the molecule is CCS(=O)CC.O=S(Cc1ccccc1)Cc1ccccc1. The third kappa shape index (κ3) is 8.25. The van der Waals surface area contributed by atoms with E-state index >= 15 is 0 Å². The van der Waals surface area contributed by atoms with Crippen LogP contribution in [0.1, 0.15) is 25.0 Å². The number of hydrogen-bond acceptors (Lipinski definition) is 2. The molecule has 0 aromatic heterocycles. The molecular formula is C18H24O2S2. The monoisotopic (exact) mass is 336 g/mol. The molecule has 0 heterocycles. The molecule has 0 saturated heterocycles. The van der Waals surface area contributed by atoms with E-state index in [9.17, 15) is 8.42 Å². The molecular weight excluding hydrogens is 312 g/mol. The first-order valence-corrected chi connectivity index (χ1v) is 10.4. The lowest BCUT2D eigenvalue weighted by molar-refractivity contribution is 0.682. The summed E-state index contributed by atoms with van der Waals surface area (Å²) in [5.41, 5.74) is 2.27.